The number of carbonyl (C=O) groups excluding carboxylic acids is 1. The lowest BCUT2D eigenvalue weighted by atomic mass is 10.1. The number of carbonyl (C=O) groups is 1. The molecule has 0 saturated carbocycles. The highest BCUT2D eigenvalue weighted by atomic mass is 16.1. The molecule has 1 atom stereocenters. The molecule has 0 bridgehead atoms. The van der Waals surface area contributed by atoms with E-state index >= 15 is 0 Å². The topological polar surface area (TPSA) is 41.1 Å². The molecule has 0 fully saturated rings. The van der Waals surface area contributed by atoms with Gasteiger partial charge in [0.2, 0.25) is 0 Å². The van der Waals surface area contributed by atoms with Gasteiger partial charge in [-0.05, 0) is 39.9 Å². The summed E-state index contributed by atoms with van der Waals surface area (Å²) in [5.41, 5.74) is 0. The van der Waals surface area contributed by atoms with Crippen LogP contribution in [0.4, 0.5) is 0 Å². The first-order valence-corrected chi connectivity index (χ1v) is 5.10. The highest BCUT2D eigenvalue weighted by Gasteiger charge is 2.09. The van der Waals surface area contributed by atoms with Crippen LogP contribution < -0.4 is 10.6 Å². The maximum Gasteiger partial charge on any atom is 0.146 e. The third-order valence-electron chi connectivity index (χ3n) is 2.19. The van der Waals surface area contributed by atoms with E-state index in [1.165, 1.54) is 0 Å². The average Bonchev–Trinajstić information content (AvgIpc) is 2.10. The minimum atomic E-state index is 0.0571. The lowest BCUT2D eigenvalue weighted by Crippen LogP contribution is -2.32. The van der Waals surface area contributed by atoms with Crippen LogP contribution in [-0.4, -0.2) is 32.0 Å². The number of hydrogen-bond donors (Lipinski definition) is 2. The number of rotatable bonds is 8. The predicted molar refractivity (Wildman–Crippen MR) is 55.9 cm³/mol. The summed E-state index contributed by atoms with van der Waals surface area (Å²) in [5.74, 6) is 0.242. The Morgan fingerprint density at radius 2 is 2.08 bits per heavy atom. The molecule has 0 aromatic carbocycles. The minimum Gasteiger partial charge on any atom is -0.317 e. The zero-order valence-electron chi connectivity index (χ0n) is 9.02. The Morgan fingerprint density at radius 3 is 2.54 bits per heavy atom. The van der Waals surface area contributed by atoms with E-state index in [2.05, 4.69) is 17.6 Å². The molecule has 0 radical (unpaired) electrons. The summed E-state index contributed by atoms with van der Waals surface area (Å²) in [6.07, 6.45) is 3.22. The second-order valence-electron chi connectivity index (χ2n) is 3.30. The third kappa shape index (κ3) is 6.72. The summed E-state index contributed by atoms with van der Waals surface area (Å²) < 4.78 is 0. The first-order chi connectivity index (χ1) is 6.22. The van der Waals surface area contributed by atoms with Crippen LogP contribution in [0.3, 0.4) is 0 Å². The molecule has 0 aliphatic rings. The Bertz CT molecular complexity index is 137. The lowest BCUT2D eigenvalue weighted by molar-refractivity contribution is -0.119. The van der Waals surface area contributed by atoms with Crippen molar-refractivity contribution in [1.29, 1.82) is 0 Å². The Kier molecular flexibility index (Phi) is 7.94. The van der Waals surface area contributed by atoms with Crippen LogP contribution in [0.2, 0.25) is 0 Å². The molecule has 13 heavy (non-hydrogen) atoms. The number of unbranched alkanes of at least 4 members (excludes halogenated alkanes) is 1. The van der Waals surface area contributed by atoms with Gasteiger partial charge in [0.1, 0.15) is 5.78 Å². The molecule has 3 nitrogen and oxygen atoms in total. The average molecular weight is 186 g/mol. The molecule has 78 valence electrons. The Hall–Kier alpha value is -0.410. The van der Waals surface area contributed by atoms with Gasteiger partial charge in [0.15, 0.2) is 0 Å². The van der Waals surface area contributed by atoms with Crippen LogP contribution in [-0.2, 0) is 4.79 Å². The molecule has 3 heteroatoms. The van der Waals surface area contributed by atoms with Crippen molar-refractivity contribution in [1.82, 2.24) is 10.6 Å². The number of nitrogens with one attached hydrogen (secondary N) is 2. The fourth-order valence-electron chi connectivity index (χ4n) is 1.33. The quantitative estimate of drug-likeness (QED) is 0.554. The largest absolute Gasteiger partial charge is 0.317 e. The number of hydrogen-bond acceptors (Lipinski definition) is 3. The first kappa shape index (κ1) is 12.6. The zero-order chi connectivity index (χ0) is 10.1. The van der Waals surface area contributed by atoms with Crippen LogP contribution >= 0.6 is 0 Å². The van der Waals surface area contributed by atoms with Gasteiger partial charge in [-0.25, -0.2) is 0 Å². The Morgan fingerprint density at radius 1 is 1.38 bits per heavy atom. The van der Waals surface area contributed by atoms with E-state index in [1.807, 2.05) is 7.05 Å². The fourth-order valence-corrected chi connectivity index (χ4v) is 1.33. The van der Waals surface area contributed by atoms with Crippen molar-refractivity contribution in [3.63, 3.8) is 0 Å². The molecule has 0 aromatic rings. The molecular formula is C10H22N2O. The molecule has 0 aliphatic heterocycles. The van der Waals surface area contributed by atoms with Crippen LogP contribution in [0.5, 0.6) is 0 Å². The Balaban J connectivity index is 3.33. The van der Waals surface area contributed by atoms with Gasteiger partial charge in [-0.15, -0.1) is 0 Å². The van der Waals surface area contributed by atoms with Crippen molar-refractivity contribution in [2.24, 2.45) is 0 Å². The maximum absolute atomic E-state index is 11.0. The zero-order valence-corrected chi connectivity index (χ0v) is 9.02. The van der Waals surface area contributed by atoms with Crippen LogP contribution in [0, 0.1) is 0 Å². The van der Waals surface area contributed by atoms with Crippen molar-refractivity contribution in [2.75, 3.05) is 20.1 Å². The molecule has 0 amide bonds. The SMILES string of the molecule is CCNCCCC[C@H](NC)C(C)=O. The van der Waals surface area contributed by atoms with E-state index < -0.39 is 0 Å². The summed E-state index contributed by atoms with van der Waals surface area (Å²) in [7, 11) is 1.84. The highest BCUT2D eigenvalue weighted by molar-refractivity contribution is 5.81. The van der Waals surface area contributed by atoms with Gasteiger partial charge in [0.05, 0.1) is 6.04 Å². The van der Waals surface area contributed by atoms with Crippen molar-refractivity contribution in [2.45, 2.75) is 39.2 Å². The normalized spacial score (nSPS) is 12.8. The van der Waals surface area contributed by atoms with E-state index in [-0.39, 0.29) is 11.8 Å². The van der Waals surface area contributed by atoms with Crippen molar-refractivity contribution in [3.8, 4) is 0 Å². The van der Waals surface area contributed by atoms with Gasteiger partial charge in [-0.2, -0.15) is 0 Å². The van der Waals surface area contributed by atoms with Crippen LogP contribution in [0.25, 0.3) is 0 Å². The van der Waals surface area contributed by atoms with Gasteiger partial charge in [-0.1, -0.05) is 13.3 Å². The van der Waals surface area contributed by atoms with Gasteiger partial charge in [-0.3, -0.25) is 4.79 Å². The molecule has 0 saturated heterocycles. The van der Waals surface area contributed by atoms with Gasteiger partial charge in [0.25, 0.3) is 0 Å². The summed E-state index contributed by atoms with van der Waals surface area (Å²) >= 11 is 0. The summed E-state index contributed by atoms with van der Waals surface area (Å²) in [6, 6.07) is 0.0571. The molecule has 0 heterocycles. The molecule has 0 spiro atoms. The molecular weight excluding hydrogens is 164 g/mol. The highest BCUT2D eigenvalue weighted by Crippen LogP contribution is 2.00. The summed E-state index contributed by atoms with van der Waals surface area (Å²) in [4.78, 5) is 11.0. The molecule has 0 rings (SSSR count). The summed E-state index contributed by atoms with van der Waals surface area (Å²) in [5, 5.41) is 6.29. The second-order valence-corrected chi connectivity index (χ2v) is 3.30. The standard InChI is InChI=1S/C10H22N2O/c1-4-12-8-6-5-7-10(11-3)9(2)13/h10-12H,4-8H2,1-3H3/t10-/m0/s1. The second kappa shape index (κ2) is 8.20. The maximum atomic E-state index is 11.0. The Labute approximate surface area is 81.3 Å². The molecule has 2 N–H and O–H groups in total. The number of likely N-dealkylation sites (N-methyl/N-ethyl adjacent to an activating group) is 1. The monoisotopic (exact) mass is 186 g/mol. The minimum absolute atomic E-state index is 0.0571. The van der Waals surface area contributed by atoms with E-state index in [0.29, 0.717) is 0 Å². The van der Waals surface area contributed by atoms with E-state index in [1.54, 1.807) is 6.92 Å². The number of Topliss-reactive ketones (excluding diaryl/α,β-unsaturated/α-hetero) is 1. The molecule has 0 unspecified atom stereocenters. The smallest absolute Gasteiger partial charge is 0.146 e. The fraction of sp³-hybridized carbons (Fsp3) is 0.900. The van der Waals surface area contributed by atoms with Crippen LogP contribution in [0.1, 0.15) is 33.1 Å². The van der Waals surface area contributed by atoms with Crippen molar-refractivity contribution < 1.29 is 4.79 Å². The third-order valence-corrected chi connectivity index (χ3v) is 2.19. The molecule has 0 aliphatic carbocycles. The van der Waals surface area contributed by atoms with E-state index in [4.69, 9.17) is 0 Å². The number of ketones is 1. The van der Waals surface area contributed by atoms with E-state index in [9.17, 15) is 4.79 Å². The van der Waals surface area contributed by atoms with Gasteiger partial charge in [0, 0.05) is 0 Å². The first-order valence-electron chi connectivity index (χ1n) is 5.10. The predicted octanol–water partition coefficient (Wildman–Crippen LogP) is 0.943. The summed E-state index contributed by atoms with van der Waals surface area (Å²) in [6.45, 7) is 5.84. The van der Waals surface area contributed by atoms with Crippen molar-refractivity contribution in [3.05, 3.63) is 0 Å². The molecule has 0 aromatic heterocycles. The van der Waals surface area contributed by atoms with E-state index in [0.717, 1.165) is 32.4 Å². The lowest BCUT2D eigenvalue weighted by Gasteiger charge is -2.11. The van der Waals surface area contributed by atoms with Crippen molar-refractivity contribution >= 4 is 5.78 Å². The van der Waals surface area contributed by atoms with Crippen LogP contribution in [0.15, 0.2) is 0 Å². The van der Waals surface area contributed by atoms with Gasteiger partial charge < -0.3 is 10.6 Å². The van der Waals surface area contributed by atoms with Gasteiger partial charge >= 0.3 is 0 Å².